The number of benzene rings is 1. The summed E-state index contributed by atoms with van der Waals surface area (Å²) in [5, 5.41) is 0. The highest BCUT2D eigenvalue weighted by Gasteiger charge is 2.34. The normalized spacial score (nSPS) is 22.4. The molecule has 2 aliphatic heterocycles. The molecular formula is C25H41N3O3. The largest absolute Gasteiger partial charge is 0.497 e. The second-order valence-corrected chi connectivity index (χ2v) is 9.77. The van der Waals surface area contributed by atoms with Gasteiger partial charge in [0.15, 0.2) is 0 Å². The van der Waals surface area contributed by atoms with Gasteiger partial charge in [-0.3, -0.25) is 9.69 Å². The van der Waals surface area contributed by atoms with Crippen molar-refractivity contribution in [1.29, 1.82) is 0 Å². The molecule has 3 rings (SSSR count). The van der Waals surface area contributed by atoms with Gasteiger partial charge in [-0.2, -0.15) is 0 Å². The number of carbonyl (C=O) groups excluding carboxylic acids is 1. The van der Waals surface area contributed by atoms with E-state index < -0.39 is 0 Å². The Kier molecular flexibility index (Phi) is 8.76. The number of piperidine rings is 1. The third-order valence-electron chi connectivity index (χ3n) is 6.50. The Morgan fingerprint density at radius 2 is 1.84 bits per heavy atom. The van der Waals surface area contributed by atoms with Crippen molar-refractivity contribution in [3.05, 3.63) is 29.8 Å². The molecule has 1 aromatic carbocycles. The van der Waals surface area contributed by atoms with E-state index in [1.807, 2.05) is 23.1 Å². The van der Waals surface area contributed by atoms with Gasteiger partial charge in [-0.05, 0) is 63.4 Å². The van der Waals surface area contributed by atoms with Crippen LogP contribution in [0.2, 0.25) is 0 Å². The van der Waals surface area contributed by atoms with E-state index in [1.165, 1.54) is 0 Å². The fourth-order valence-electron chi connectivity index (χ4n) is 4.75. The van der Waals surface area contributed by atoms with E-state index >= 15 is 0 Å². The molecule has 2 fully saturated rings. The molecular weight excluding hydrogens is 390 g/mol. The molecule has 6 nitrogen and oxygen atoms in total. The maximum Gasteiger partial charge on any atom is 0.236 e. The molecule has 31 heavy (non-hydrogen) atoms. The Labute approximate surface area is 188 Å². The Balaban J connectivity index is 1.67. The second-order valence-electron chi connectivity index (χ2n) is 9.77. The van der Waals surface area contributed by atoms with Gasteiger partial charge >= 0.3 is 0 Å². The van der Waals surface area contributed by atoms with E-state index in [-0.39, 0.29) is 12.0 Å². The van der Waals surface area contributed by atoms with Crippen LogP contribution in [-0.2, 0) is 16.1 Å². The SMILES string of the molecule is COc1cccc(COC2CN(CC(C)C)C(=O)CN(C3CCN(C(C)C)CC3)C2)c1. The van der Waals surface area contributed by atoms with Gasteiger partial charge in [-0.15, -0.1) is 0 Å². The molecule has 1 atom stereocenters. The van der Waals surface area contributed by atoms with Gasteiger partial charge in [0.25, 0.3) is 0 Å². The van der Waals surface area contributed by atoms with Crippen LogP contribution in [0, 0.1) is 5.92 Å². The highest BCUT2D eigenvalue weighted by Crippen LogP contribution is 2.22. The van der Waals surface area contributed by atoms with Crippen molar-refractivity contribution in [1.82, 2.24) is 14.7 Å². The van der Waals surface area contributed by atoms with Crippen molar-refractivity contribution in [2.45, 2.75) is 65.3 Å². The summed E-state index contributed by atoms with van der Waals surface area (Å²) < 4.78 is 11.7. The number of rotatable bonds is 8. The predicted molar refractivity (Wildman–Crippen MR) is 124 cm³/mol. The average Bonchev–Trinajstić information content (AvgIpc) is 2.91. The van der Waals surface area contributed by atoms with Gasteiger partial charge in [0.1, 0.15) is 5.75 Å². The van der Waals surface area contributed by atoms with Crippen LogP contribution < -0.4 is 4.74 Å². The summed E-state index contributed by atoms with van der Waals surface area (Å²) in [5.74, 6) is 1.54. The van der Waals surface area contributed by atoms with Gasteiger partial charge in [0.2, 0.25) is 5.91 Å². The summed E-state index contributed by atoms with van der Waals surface area (Å²) in [6, 6.07) is 9.08. The van der Waals surface area contributed by atoms with Crippen molar-refractivity contribution in [3.8, 4) is 5.75 Å². The smallest absolute Gasteiger partial charge is 0.236 e. The lowest BCUT2D eigenvalue weighted by molar-refractivity contribution is -0.132. The summed E-state index contributed by atoms with van der Waals surface area (Å²) in [5.41, 5.74) is 1.10. The van der Waals surface area contributed by atoms with E-state index in [0.29, 0.717) is 37.7 Å². The highest BCUT2D eigenvalue weighted by atomic mass is 16.5. The van der Waals surface area contributed by atoms with Crippen LogP contribution in [0.3, 0.4) is 0 Å². The molecule has 0 aromatic heterocycles. The second kappa shape index (κ2) is 11.3. The third-order valence-corrected chi connectivity index (χ3v) is 6.50. The molecule has 0 saturated carbocycles. The van der Waals surface area contributed by atoms with E-state index in [1.54, 1.807) is 7.11 Å². The zero-order valence-electron chi connectivity index (χ0n) is 20.0. The molecule has 0 bridgehead atoms. The fraction of sp³-hybridized carbons (Fsp3) is 0.720. The van der Waals surface area contributed by atoms with E-state index in [2.05, 4.69) is 43.6 Å². The number of amides is 1. The van der Waals surface area contributed by atoms with Crippen LogP contribution in [0.15, 0.2) is 24.3 Å². The van der Waals surface area contributed by atoms with Crippen LogP contribution in [-0.4, -0.2) is 85.2 Å². The zero-order valence-corrected chi connectivity index (χ0v) is 20.0. The summed E-state index contributed by atoms with van der Waals surface area (Å²) in [6.45, 7) is 14.4. The topological polar surface area (TPSA) is 45.3 Å². The predicted octanol–water partition coefficient (Wildman–Crippen LogP) is 3.25. The van der Waals surface area contributed by atoms with Gasteiger partial charge in [0, 0.05) is 31.7 Å². The summed E-state index contributed by atoms with van der Waals surface area (Å²) >= 11 is 0. The first-order valence-electron chi connectivity index (χ1n) is 11.9. The fourth-order valence-corrected chi connectivity index (χ4v) is 4.75. The summed E-state index contributed by atoms with van der Waals surface area (Å²) in [4.78, 5) is 20.0. The maximum atomic E-state index is 13.1. The summed E-state index contributed by atoms with van der Waals surface area (Å²) in [6.07, 6.45) is 2.26. The van der Waals surface area contributed by atoms with E-state index in [0.717, 1.165) is 50.3 Å². The molecule has 0 N–H and O–H groups in total. The molecule has 2 heterocycles. The highest BCUT2D eigenvalue weighted by molar-refractivity contribution is 5.78. The van der Waals surface area contributed by atoms with E-state index in [9.17, 15) is 4.79 Å². The minimum absolute atomic E-state index is 0.0135. The Hall–Kier alpha value is -1.63. The summed E-state index contributed by atoms with van der Waals surface area (Å²) in [7, 11) is 1.68. The van der Waals surface area contributed by atoms with Crippen LogP contribution >= 0.6 is 0 Å². The minimum atomic E-state index is 0.0135. The Morgan fingerprint density at radius 1 is 1.10 bits per heavy atom. The lowest BCUT2D eigenvalue weighted by atomic mass is 10.0. The first-order valence-corrected chi connectivity index (χ1v) is 11.9. The first kappa shape index (κ1) is 24.0. The number of nitrogens with zero attached hydrogens (tertiary/aromatic N) is 3. The number of hydrogen-bond acceptors (Lipinski definition) is 5. The van der Waals surface area contributed by atoms with Gasteiger partial charge < -0.3 is 19.3 Å². The van der Waals surface area contributed by atoms with Crippen molar-refractivity contribution >= 4 is 5.91 Å². The first-order chi connectivity index (χ1) is 14.9. The molecule has 174 valence electrons. The third kappa shape index (κ3) is 6.93. The number of methoxy groups -OCH3 is 1. The lowest BCUT2D eigenvalue weighted by Crippen LogP contribution is -2.49. The molecule has 1 aromatic rings. The number of carbonyl (C=O) groups is 1. The standard InChI is InChI=1S/C25H41N3O3/c1-19(2)14-28-16-24(31-18-21-7-6-8-23(13-21)30-5)15-27(17-25(28)29)22-9-11-26(12-10-22)20(3)4/h6-8,13,19-20,22,24H,9-12,14-18H2,1-5H3. The van der Waals surface area contributed by atoms with Crippen LogP contribution in [0.1, 0.15) is 46.1 Å². The molecule has 2 aliphatic rings. The number of hydrogen-bond donors (Lipinski definition) is 0. The zero-order chi connectivity index (χ0) is 22.4. The van der Waals surface area contributed by atoms with Crippen molar-refractivity contribution in [3.63, 3.8) is 0 Å². The van der Waals surface area contributed by atoms with Crippen LogP contribution in [0.5, 0.6) is 5.75 Å². The van der Waals surface area contributed by atoms with Crippen molar-refractivity contribution < 1.29 is 14.3 Å². The maximum absolute atomic E-state index is 13.1. The minimum Gasteiger partial charge on any atom is -0.497 e. The molecule has 1 amide bonds. The Morgan fingerprint density at radius 3 is 2.48 bits per heavy atom. The molecule has 0 spiro atoms. The lowest BCUT2D eigenvalue weighted by Gasteiger charge is -2.39. The van der Waals surface area contributed by atoms with Gasteiger partial charge in [0.05, 0.1) is 26.4 Å². The monoisotopic (exact) mass is 431 g/mol. The molecule has 1 unspecified atom stereocenters. The van der Waals surface area contributed by atoms with Crippen LogP contribution in [0.25, 0.3) is 0 Å². The average molecular weight is 432 g/mol. The van der Waals surface area contributed by atoms with Gasteiger partial charge in [-0.1, -0.05) is 26.0 Å². The van der Waals surface area contributed by atoms with Gasteiger partial charge in [-0.25, -0.2) is 0 Å². The Bertz CT molecular complexity index is 701. The molecule has 0 aliphatic carbocycles. The van der Waals surface area contributed by atoms with E-state index in [4.69, 9.17) is 9.47 Å². The van der Waals surface area contributed by atoms with Crippen LogP contribution in [0.4, 0.5) is 0 Å². The van der Waals surface area contributed by atoms with Crippen molar-refractivity contribution in [2.24, 2.45) is 5.92 Å². The molecule has 6 heteroatoms. The number of ether oxygens (including phenoxy) is 2. The molecule has 2 saturated heterocycles. The van der Waals surface area contributed by atoms with Crippen molar-refractivity contribution in [2.75, 3.05) is 46.4 Å². The number of likely N-dealkylation sites (tertiary alicyclic amines) is 1. The quantitative estimate of drug-likeness (QED) is 0.632. The molecule has 0 radical (unpaired) electrons.